The van der Waals surface area contributed by atoms with Gasteiger partial charge in [0.1, 0.15) is 0 Å². The Morgan fingerprint density at radius 1 is 1.29 bits per heavy atom. The molecule has 2 N–H and O–H groups in total. The third kappa shape index (κ3) is 4.52. The van der Waals surface area contributed by atoms with Crippen molar-refractivity contribution in [1.82, 2.24) is 0 Å². The second-order valence-electron chi connectivity index (χ2n) is 4.55. The summed E-state index contributed by atoms with van der Waals surface area (Å²) in [5, 5.41) is -0.193. The van der Waals surface area contributed by atoms with Crippen LogP contribution in [0.5, 0.6) is 0 Å². The van der Waals surface area contributed by atoms with E-state index in [2.05, 4.69) is 31.7 Å². The zero-order valence-corrected chi connectivity index (χ0v) is 11.2. The zero-order valence-electron chi connectivity index (χ0n) is 10.4. The summed E-state index contributed by atoms with van der Waals surface area (Å²) in [6.45, 7) is 2.10. The lowest BCUT2D eigenvalue weighted by molar-refractivity contribution is -0.115. The Morgan fingerprint density at radius 3 is 2.47 bits per heavy atom. The molecule has 2 nitrogen and oxygen atoms in total. The normalized spacial score (nSPS) is 14.3. The highest BCUT2D eigenvalue weighted by molar-refractivity contribution is 7.96. The predicted molar refractivity (Wildman–Crippen MR) is 75.2 cm³/mol. The molecular formula is C14H21NOS. The molecule has 0 radical (unpaired) electrons. The number of hydrogen-bond acceptors (Lipinski definition) is 2. The highest BCUT2D eigenvalue weighted by Crippen LogP contribution is 2.21. The van der Waals surface area contributed by atoms with E-state index >= 15 is 0 Å². The summed E-state index contributed by atoms with van der Waals surface area (Å²) in [4.78, 5) is 11.5. The molecule has 1 rings (SSSR count). The van der Waals surface area contributed by atoms with Gasteiger partial charge in [0.25, 0.3) is 0 Å². The summed E-state index contributed by atoms with van der Waals surface area (Å²) >= 11 is 3.93. The zero-order chi connectivity index (χ0) is 12.7. The fraction of sp³-hybridized carbons (Fsp3) is 0.500. The Hall–Kier alpha value is -0.800. The molecule has 0 saturated heterocycles. The van der Waals surface area contributed by atoms with Crippen molar-refractivity contribution in [2.24, 2.45) is 5.73 Å². The summed E-state index contributed by atoms with van der Waals surface area (Å²) in [6.07, 6.45) is 4.23. The molecule has 94 valence electrons. The summed E-state index contributed by atoms with van der Waals surface area (Å²) in [7, 11) is 0. The molecule has 0 saturated carbocycles. The van der Waals surface area contributed by atoms with Crippen molar-refractivity contribution in [3.8, 4) is 0 Å². The summed E-state index contributed by atoms with van der Waals surface area (Å²) in [5.41, 5.74) is 6.60. The molecule has 0 aliphatic rings. The van der Waals surface area contributed by atoms with E-state index in [1.54, 1.807) is 0 Å². The van der Waals surface area contributed by atoms with Crippen LogP contribution in [0.4, 0.5) is 0 Å². The highest BCUT2D eigenvalue weighted by atomic mass is 32.1. The number of nitrogens with two attached hydrogens (primary N) is 1. The second-order valence-corrected chi connectivity index (χ2v) is 4.96. The number of carbonyl (C=O) groups is 1. The van der Waals surface area contributed by atoms with Crippen molar-refractivity contribution in [3.63, 3.8) is 0 Å². The van der Waals surface area contributed by atoms with E-state index in [1.165, 1.54) is 5.56 Å². The lowest BCUT2D eigenvalue weighted by atomic mass is 9.88. The van der Waals surface area contributed by atoms with E-state index in [9.17, 15) is 4.79 Å². The molecule has 0 amide bonds. The molecule has 1 unspecified atom stereocenters. The van der Waals surface area contributed by atoms with E-state index < -0.39 is 5.54 Å². The third-order valence-corrected chi connectivity index (χ3v) is 3.55. The maximum absolute atomic E-state index is 11.5. The fourth-order valence-corrected chi connectivity index (χ4v) is 2.07. The molecule has 1 atom stereocenters. The first-order valence-electron chi connectivity index (χ1n) is 6.14. The van der Waals surface area contributed by atoms with Crippen molar-refractivity contribution < 1.29 is 4.79 Å². The van der Waals surface area contributed by atoms with Crippen LogP contribution in [0.15, 0.2) is 30.3 Å². The van der Waals surface area contributed by atoms with Gasteiger partial charge in [0, 0.05) is 0 Å². The fourth-order valence-electron chi connectivity index (χ4n) is 1.84. The van der Waals surface area contributed by atoms with Gasteiger partial charge in [-0.05, 0) is 24.8 Å². The van der Waals surface area contributed by atoms with Crippen LogP contribution >= 0.6 is 12.6 Å². The number of hydrogen-bond donors (Lipinski definition) is 2. The monoisotopic (exact) mass is 251 g/mol. The van der Waals surface area contributed by atoms with Gasteiger partial charge in [-0.3, -0.25) is 4.79 Å². The Bertz CT molecular complexity index is 352. The molecule has 0 bridgehead atoms. The maximum Gasteiger partial charge on any atom is 0.205 e. The van der Waals surface area contributed by atoms with E-state index in [-0.39, 0.29) is 5.12 Å². The minimum absolute atomic E-state index is 0.193. The van der Waals surface area contributed by atoms with Crippen LogP contribution < -0.4 is 5.73 Å². The number of unbranched alkanes of at least 4 members (excludes halogenated alkanes) is 1. The van der Waals surface area contributed by atoms with Crippen molar-refractivity contribution in [2.75, 3.05) is 0 Å². The second kappa shape index (κ2) is 6.82. The molecule has 1 aromatic rings. The lowest BCUT2D eigenvalue weighted by Gasteiger charge is -2.25. The third-order valence-electron chi connectivity index (χ3n) is 3.10. The number of aryl methyl sites for hydroxylation is 1. The van der Waals surface area contributed by atoms with Gasteiger partial charge >= 0.3 is 0 Å². The number of rotatable bonds is 7. The smallest absolute Gasteiger partial charge is 0.205 e. The van der Waals surface area contributed by atoms with Gasteiger partial charge in [-0.15, -0.1) is 12.6 Å². The lowest BCUT2D eigenvalue weighted by Crippen LogP contribution is -2.46. The first kappa shape index (κ1) is 14.3. The van der Waals surface area contributed by atoms with Crippen molar-refractivity contribution in [3.05, 3.63) is 35.9 Å². The van der Waals surface area contributed by atoms with Crippen LogP contribution in [0.2, 0.25) is 0 Å². The van der Waals surface area contributed by atoms with Crippen LogP contribution in [0.25, 0.3) is 0 Å². The minimum atomic E-state index is -0.769. The summed E-state index contributed by atoms with van der Waals surface area (Å²) in [6, 6.07) is 10.1. The van der Waals surface area contributed by atoms with Gasteiger partial charge < -0.3 is 5.73 Å². The van der Waals surface area contributed by atoms with Crippen LogP contribution in [0.1, 0.15) is 38.2 Å². The van der Waals surface area contributed by atoms with Crippen LogP contribution in [0, 0.1) is 0 Å². The quantitative estimate of drug-likeness (QED) is 0.732. The SMILES string of the molecule is CCCCC(N)(CCc1ccccc1)C(=O)S. The number of benzene rings is 1. The first-order chi connectivity index (χ1) is 8.08. The predicted octanol–water partition coefficient (Wildman–Crippen LogP) is 2.96. The number of carbonyl (C=O) groups excluding carboxylic acids is 1. The Balaban J connectivity index is 2.58. The molecule has 3 heteroatoms. The van der Waals surface area contributed by atoms with E-state index in [4.69, 9.17) is 5.73 Å². The van der Waals surface area contributed by atoms with Crippen molar-refractivity contribution >= 4 is 17.7 Å². The standard InChI is InChI=1S/C14H21NOS/c1-2-3-10-14(15,13(16)17)11-9-12-7-5-4-6-8-12/h4-8H,2-3,9-11,15H2,1H3,(H,16,17). The summed E-state index contributed by atoms with van der Waals surface area (Å²) in [5.74, 6) is 0. The largest absolute Gasteiger partial charge is 0.318 e. The van der Waals surface area contributed by atoms with Gasteiger partial charge in [-0.1, -0.05) is 50.1 Å². The highest BCUT2D eigenvalue weighted by Gasteiger charge is 2.30. The van der Waals surface area contributed by atoms with Gasteiger partial charge in [-0.2, -0.15) is 0 Å². The van der Waals surface area contributed by atoms with Crippen molar-refractivity contribution in [2.45, 2.75) is 44.6 Å². The van der Waals surface area contributed by atoms with E-state index in [1.807, 2.05) is 18.2 Å². The van der Waals surface area contributed by atoms with Gasteiger partial charge in [0.15, 0.2) is 0 Å². The molecule has 0 aromatic heterocycles. The Morgan fingerprint density at radius 2 is 1.94 bits per heavy atom. The summed E-state index contributed by atoms with van der Waals surface area (Å²) < 4.78 is 0. The van der Waals surface area contributed by atoms with Crippen LogP contribution in [0.3, 0.4) is 0 Å². The molecule has 0 aliphatic carbocycles. The Kier molecular flexibility index (Phi) is 5.72. The molecular weight excluding hydrogens is 230 g/mol. The van der Waals surface area contributed by atoms with Gasteiger partial charge in [0.2, 0.25) is 5.12 Å². The molecule has 1 aromatic carbocycles. The van der Waals surface area contributed by atoms with E-state index in [0.717, 1.165) is 25.7 Å². The molecule has 0 fully saturated rings. The first-order valence-corrected chi connectivity index (χ1v) is 6.59. The molecule has 17 heavy (non-hydrogen) atoms. The van der Waals surface area contributed by atoms with Crippen LogP contribution in [-0.4, -0.2) is 10.7 Å². The topological polar surface area (TPSA) is 43.1 Å². The van der Waals surface area contributed by atoms with Gasteiger partial charge in [0.05, 0.1) is 5.54 Å². The van der Waals surface area contributed by atoms with E-state index in [0.29, 0.717) is 6.42 Å². The Labute approximate surface area is 109 Å². The van der Waals surface area contributed by atoms with Gasteiger partial charge in [-0.25, -0.2) is 0 Å². The van der Waals surface area contributed by atoms with Crippen molar-refractivity contribution in [1.29, 1.82) is 0 Å². The molecule has 0 aliphatic heterocycles. The number of thiol groups is 1. The minimum Gasteiger partial charge on any atom is -0.318 e. The maximum atomic E-state index is 11.5. The molecule has 0 spiro atoms. The average molecular weight is 251 g/mol. The average Bonchev–Trinajstić information content (AvgIpc) is 2.35. The van der Waals surface area contributed by atoms with Crippen LogP contribution in [-0.2, 0) is 11.2 Å². The molecule has 0 heterocycles.